The molecule has 0 saturated carbocycles. The molecule has 0 N–H and O–H groups in total. The molecule has 9 nitrogen and oxygen atoms in total. The topological polar surface area (TPSA) is 111 Å². The number of carbonyl (C=O) groups is 3. The molecule has 0 amide bonds. The van der Waals surface area contributed by atoms with Crippen molar-refractivity contribution in [3.05, 3.63) is 219 Å². The van der Waals surface area contributed by atoms with Crippen molar-refractivity contribution in [3.8, 4) is 0 Å². The molecule has 0 radical (unpaired) electrons. The molecule has 2 atom stereocenters. The number of carboxylic acids is 1. The molecule has 0 rings (SSSR count). The van der Waals surface area contributed by atoms with Gasteiger partial charge in [0.25, 0.3) is 0 Å². The van der Waals surface area contributed by atoms with Crippen molar-refractivity contribution in [1.82, 2.24) is 0 Å². The number of hydrogen-bond donors (Lipinski definition) is 0. The van der Waals surface area contributed by atoms with Crippen LogP contribution in [-0.4, -0.2) is 82.3 Å². The van der Waals surface area contributed by atoms with Crippen LogP contribution in [0.5, 0.6) is 0 Å². The van der Waals surface area contributed by atoms with E-state index in [9.17, 15) is 19.5 Å². The Balaban J connectivity index is 4.21. The monoisotopic (exact) mass is 1360 g/mol. The van der Waals surface area contributed by atoms with Crippen molar-refractivity contribution in [2.24, 2.45) is 0 Å². The first-order valence-corrected chi connectivity index (χ1v) is 38.9. The third-order valence-electron chi connectivity index (χ3n) is 15.7. The molecule has 0 fully saturated rings. The molecule has 0 aliphatic rings. The zero-order valence-electron chi connectivity index (χ0n) is 63.3. The first-order chi connectivity index (χ1) is 48.6. The minimum absolute atomic E-state index is 0.128. The van der Waals surface area contributed by atoms with E-state index in [2.05, 4.69) is 233 Å². The Hall–Kier alpha value is -6.39. The van der Waals surface area contributed by atoms with Gasteiger partial charge >= 0.3 is 11.9 Å². The van der Waals surface area contributed by atoms with Crippen LogP contribution < -0.4 is 5.11 Å². The average Bonchev–Trinajstić information content (AvgIpc) is 1.14. The Bertz CT molecular complexity index is 2440. The van der Waals surface area contributed by atoms with Crippen molar-refractivity contribution >= 4 is 17.9 Å². The molecule has 0 bridgehead atoms. The lowest BCUT2D eigenvalue weighted by Crippen LogP contribution is -2.44. The number of aliphatic carboxylic acids is 1. The normalized spacial score (nSPS) is 13.9. The summed E-state index contributed by atoms with van der Waals surface area (Å²) in [6, 6.07) is 0. The number of nitrogens with zero attached hydrogens (tertiary/aromatic N) is 1. The summed E-state index contributed by atoms with van der Waals surface area (Å²) < 4.78 is 22.8. The lowest BCUT2D eigenvalue weighted by molar-refractivity contribution is -0.870. The zero-order valence-corrected chi connectivity index (χ0v) is 63.3. The fourth-order valence-corrected chi connectivity index (χ4v) is 9.87. The van der Waals surface area contributed by atoms with Gasteiger partial charge in [0.2, 0.25) is 0 Å². The van der Waals surface area contributed by atoms with Gasteiger partial charge in [0.15, 0.2) is 12.4 Å². The van der Waals surface area contributed by atoms with Crippen LogP contribution in [0.3, 0.4) is 0 Å². The van der Waals surface area contributed by atoms with Gasteiger partial charge < -0.3 is 33.3 Å². The highest BCUT2D eigenvalue weighted by Crippen LogP contribution is 2.16. The molecule has 0 aromatic rings. The standard InChI is InChI=1S/C90H141NO8/c1-6-8-10-12-14-16-18-20-22-24-26-28-30-32-34-36-38-40-42-43-44-45-47-49-51-53-55-57-59-61-63-65-67-69-71-73-75-77-79-81-88(93)99-86(85-98-90(89(94)95)96-83-82-91(3,4)5)84-97-87(92)80-78-76-74-72-70-68-66-64-62-60-58-56-54-52-50-48-46-41-39-37-35-33-31-29-27-25-23-21-19-17-15-13-11-9-7-2/h8-11,14-17,20-23,26-29,32-35,38-41,43-44,47,49,53,55,59,61,65,67,71,73,86,90H,6-7,12-13,18-19,24-25,30-31,36-37,42,45-46,48,50-52,54,56-58,60,62-64,66,68-70,72,74-85H2,1-5H3/b10-8-,11-9-,16-14-,17-15-,22-20-,23-21-,28-26-,29-27-,34-32-,35-33-,40-38-,41-39-,44-43-,49-47-,55-53-,61-59-,67-65-,73-71-. The number of carbonyl (C=O) groups excluding carboxylic acids is 3. The average molecular weight is 1370 g/mol. The minimum atomic E-state index is -1.65. The number of hydrogen-bond acceptors (Lipinski definition) is 8. The molecule has 0 aromatic heterocycles. The van der Waals surface area contributed by atoms with Gasteiger partial charge in [0.05, 0.1) is 40.3 Å². The minimum Gasteiger partial charge on any atom is -0.545 e. The van der Waals surface area contributed by atoms with E-state index in [1.54, 1.807) is 0 Å². The maximum Gasteiger partial charge on any atom is 0.306 e. The molecule has 0 spiro atoms. The van der Waals surface area contributed by atoms with Gasteiger partial charge in [-0.1, -0.05) is 322 Å². The summed E-state index contributed by atoms with van der Waals surface area (Å²) >= 11 is 0. The second-order valence-corrected chi connectivity index (χ2v) is 26.2. The van der Waals surface area contributed by atoms with Gasteiger partial charge in [-0.05, 0) is 154 Å². The second kappa shape index (κ2) is 77.3. The van der Waals surface area contributed by atoms with E-state index in [0.717, 1.165) is 148 Å². The Kier molecular flexibility index (Phi) is 72.4. The predicted octanol–water partition coefficient (Wildman–Crippen LogP) is 23.9. The molecule has 554 valence electrons. The number of rotatable bonds is 69. The Morgan fingerprint density at radius 1 is 0.303 bits per heavy atom. The van der Waals surface area contributed by atoms with E-state index in [4.69, 9.17) is 18.9 Å². The SMILES string of the molecule is CC/C=C\C/C=C\C/C=C\C/C=C\C/C=C\C/C=C\C/C=C\C/C=C\C/C=C\C/C=C\C/C=C\C/C=C\CCCCC(=O)OC(COC(=O)CCCCCCCCCCCCCCCCCC/C=C\C/C=C\C/C=C\C/C=C\C/C=C\C/C=C\CC)COC(OCC[N+](C)(C)C)C(=O)[O-]. The summed E-state index contributed by atoms with van der Waals surface area (Å²) in [5, 5.41) is 11.9. The molecule has 0 heterocycles. The highest BCUT2D eigenvalue weighted by Gasteiger charge is 2.22. The Morgan fingerprint density at radius 2 is 0.545 bits per heavy atom. The van der Waals surface area contributed by atoms with E-state index in [-0.39, 0.29) is 38.6 Å². The molecular weight excluding hydrogens is 1220 g/mol. The van der Waals surface area contributed by atoms with Crippen LogP contribution in [-0.2, 0) is 33.3 Å². The predicted molar refractivity (Wildman–Crippen MR) is 425 cm³/mol. The number of likely N-dealkylation sites (N-methyl/N-ethyl adjacent to an activating group) is 1. The lowest BCUT2D eigenvalue weighted by atomic mass is 10.0. The molecule has 2 unspecified atom stereocenters. The largest absolute Gasteiger partial charge is 0.545 e. The first-order valence-electron chi connectivity index (χ1n) is 38.9. The Labute approximate surface area is 607 Å². The highest BCUT2D eigenvalue weighted by atomic mass is 16.7. The summed E-state index contributed by atoms with van der Waals surface area (Å²) in [6.45, 7) is 4.45. The van der Waals surface area contributed by atoms with Crippen LogP contribution in [0.2, 0.25) is 0 Å². The van der Waals surface area contributed by atoms with E-state index in [1.165, 1.54) is 89.9 Å². The maximum atomic E-state index is 12.9. The van der Waals surface area contributed by atoms with Crippen LogP contribution in [0.25, 0.3) is 0 Å². The van der Waals surface area contributed by atoms with Crippen LogP contribution in [0.1, 0.15) is 271 Å². The molecule has 9 heteroatoms. The zero-order chi connectivity index (χ0) is 71.8. The fraction of sp³-hybridized carbons (Fsp3) is 0.567. The van der Waals surface area contributed by atoms with Crippen LogP contribution in [0.15, 0.2) is 219 Å². The maximum absolute atomic E-state index is 12.9. The van der Waals surface area contributed by atoms with Crippen molar-refractivity contribution < 1.29 is 42.9 Å². The van der Waals surface area contributed by atoms with Crippen LogP contribution >= 0.6 is 0 Å². The molecule has 0 saturated heterocycles. The summed E-state index contributed by atoms with van der Waals surface area (Å²) in [5.41, 5.74) is 0. The summed E-state index contributed by atoms with van der Waals surface area (Å²) in [4.78, 5) is 37.6. The summed E-state index contributed by atoms with van der Waals surface area (Å²) in [5.74, 6) is -2.36. The van der Waals surface area contributed by atoms with Crippen molar-refractivity contribution in [3.63, 3.8) is 0 Å². The Morgan fingerprint density at radius 3 is 0.828 bits per heavy atom. The van der Waals surface area contributed by atoms with E-state index >= 15 is 0 Å². The van der Waals surface area contributed by atoms with Crippen LogP contribution in [0, 0.1) is 0 Å². The number of quaternary nitrogens is 1. The quantitative estimate of drug-likeness (QED) is 0.0195. The fourth-order valence-electron chi connectivity index (χ4n) is 9.87. The highest BCUT2D eigenvalue weighted by molar-refractivity contribution is 5.70. The molecule has 0 aliphatic carbocycles. The van der Waals surface area contributed by atoms with E-state index in [1.807, 2.05) is 21.1 Å². The second-order valence-electron chi connectivity index (χ2n) is 26.2. The summed E-state index contributed by atoms with van der Waals surface area (Å²) in [7, 11) is 5.90. The van der Waals surface area contributed by atoms with Gasteiger partial charge in [-0.25, -0.2) is 0 Å². The number of allylic oxidation sites excluding steroid dienone is 36. The summed E-state index contributed by atoms with van der Waals surface area (Å²) in [6.07, 6.45) is 119. The van der Waals surface area contributed by atoms with Crippen molar-refractivity contribution in [2.45, 2.75) is 283 Å². The molecule has 99 heavy (non-hydrogen) atoms. The third-order valence-corrected chi connectivity index (χ3v) is 15.7. The third kappa shape index (κ3) is 78.8. The number of esters is 2. The lowest BCUT2D eigenvalue weighted by Gasteiger charge is -2.26. The van der Waals surface area contributed by atoms with Crippen molar-refractivity contribution in [2.75, 3.05) is 47.5 Å². The van der Waals surface area contributed by atoms with Crippen molar-refractivity contribution in [1.29, 1.82) is 0 Å². The molecule has 0 aromatic carbocycles. The van der Waals surface area contributed by atoms with Gasteiger partial charge in [0.1, 0.15) is 13.2 Å². The van der Waals surface area contributed by atoms with E-state index < -0.39 is 24.3 Å². The molecular formula is C90H141NO8. The molecule has 0 aliphatic heterocycles. The van der Waals surface area contributed by atoms with Gasteiger partial charge in [-0.3, -0.25) is 9.59 Å². The smallest absolute Gasteiger partial charge is 0.306 e. The number of carboxylic acid groups (broad SMARTS) is 1. The van der Waals surface area contributed by atoms with E-state index in [0.29, 0.717) is 17.4 Å². The number of ether oxygens (including phenoxy) is 4. The van der Waals surface area contributed by atoms with Gasteiger partial charge in [-0.15, -0.1) is 0 Å². The van der Waals surface area contributed by atoms with Gasteiger partial charge in [-0.2, -0.15) is 0 Å². The number of unbranched alkanes of at least 4 members (excludes halogenated alkanes) is 18. The first kappa shape index (κ1) is 92.6. The van der Waals surface area contributed by atoms with Gasteiger partial charge in [0, 0.05) is 12.8 Å². The van der Waals surface area contributed by atoms with Crippen LogP contribution in [0.4, 0.5) is 0 Å².